The fourth-order valence-corrected chi connectivity index (χ4v) is 1.79. The predicted octanol–water partition coefficient (Wildman–Crippen LogP) is 2.39. The van der Waals surface area contributed by atoms with Crippen LogP contribution in [0.15, 0.2) is 42.5 Å². The third kappa shape index (κ3) is 3.39. The van der Waals surface area contributed by atoms with Crippen LogP contribution in [0.5, 0.6) is 0 Å². The summed E-state index contributed by atoms with van der Waals surface area (Å²) in [5.74, 6) is -2.12. The molecule has 5 heteroatoms. The number of aliphatic hydroxyl groups excluding tert-OH is 1. The van der Waals surface area contributed by atoms with Gasteiger partial charge in [0.05, 0.1) is 12.2 Å². The van der Waals surface area contributed by atoms with Crippen LogP contribution in [-0.2, 0) is 13.2 Å². The zero-order valence-corrected chi connectivity index (χ0v) is 10.6. The molecule has 1 amide bonds. The molecule has 2 aromatic carbocycles. The summed E-state index contributed by atoms with van der Waals surface area (Å²) in [5, 5.41) is 11.5. The third-order valence-corrected chi connectivity index (χ3v) is 2.80. The number of amides is 1. The lowest BCUT2D eigenvalue weighted by molar-refractivity contribution is 0.0946. The number of hydrogen-bond acceptors (Lipinski definition) is 2. The van der Waals surface area contributed by atoms with E-state index in [1.807, 2.05) is 0 Å². The maximum Gasteiger partial charge on any atom is 0.254 e. The molecular formula is C15H13F2NO2. The van der Waals surface area contributed by atoms with Crippen LogP contribution in [0.2, 0.25) is 0 Å². The normalized spacial score (nSPS) is 10.3. The van der Waals surface area contributed by atoms with Gasteiger partial charge in [0.1, 0.15) is 11.6 Å². The Kier molecular flexibility index (Phi) is 4.42. The number of nitrogens with one attached hydrogen (secondary N) is 1. The number of carbonyl (C=O) groups is 1. The van der Waals surface area contributed by atoms with Crippen molar-refractivity contribution in [2.45, 2.75) is 13.2 Å². The molecule has 0 aliphatic carbocycles. The maximum absolute atomic E-state index is 13.4. The van der Waals surface area contributed by atoms with Crippen LogP contribution in [0.25, 0.3) is 0 Å². The van der Waals surface area contributed by atoms with Crippen LogP contribution in [0.1, 0.15) is 21.5 Å². The second-order valence-electron chi connectivity index (χ2n) is 4.28. The zero-order valence-electron chi connectivity index (χ0n) is 10.6. The molecule has 0 fully saturated rings. The summed E-state index contributed by atoms with van der Waals surface area (Å²) in [6.45, 7) is 0.0724. The molecule has 2 rings (SSSR count). The second kappa shape index (κ2) is 6.25. The lowest BCUT2D eigenvalue weighted by atomic mass is 10.1. The van der Waals surface area contributed by atoms with Gasteiger partial charge in [-0.05, 0) is 29.3 Å². The monoisotopic (exact) mass is 277 g/mol. The highest BCUT2D eigenvalue weighted by atomic mass is 19.1. The lowest BCUT2D eigenvalue weighted by Gasteiger charge is -2.07. The van der Waals surface area contributed by atoms with Crippen LogP contribution in [0, 0.1) is 11.6 Å². The number of halogens is 2. The Morgan fingerprint density at radius 2 is 1.85 bits per heavy atom. The average molecular weight is 277 g/mol. The minimum Gasteiger partial charge on any atom is -0.392 e. The molecule has 2 N–H and O–H groups in total. The first-order chi connectivity index (χ1) is 9.60. The van der Waals surface area contributed by atoms with Crippen molar-refractivity contribution in [3.05, 3.63) is 70.8 Å². The molecule has 0 saturated carbocycles. The summed E-state index contributed by atoms with van der Waals surface area (Å²) in [7, 11) is 0. The molecule has 0 aliphatic rings. The summed E-state index contributed by atoms with van der Waals surface area (Å²) >= 11 is 0. The van der Waals surface area contributed by atoms with Crippen molar-refractivity contribution < 1.29 is 18.7 Å². The van der Waals surface area contributed by atoms with E-state index in [2.05, 4.69) is 5.32 Å². The molecule has 0 unspecified atom stereocenters. The first-order valence-corrected chi connectivity index (χ1v) is 6.02. The Bertz CT molecular complexity index is 629. The van der Waals surface area contributed by atoms with Gasteiger partial charge in [0.15, 0.2) is 0 Å². The Morgan fingerprint density at radius 3 is 2.60 bits per heavy atom. The maximum atomic E-state index is 13.4. The van der Waals surface area contributed by atoms with Crippen LogP contribution in [0.4, 0.5) is 8.78 Å². The number of carbonyl (C=O) groups excluding carboxylic acids is 1. The number of aliphatic hydroxyl groups is 1. The summed E-state index contributed by atoms with van der Waals surface area (Å²) in [4.78, 5) is 11.8. The van der Waals surface area contributed by atoms with E-state index in [0.29, 0.717) is 5.56 Å². The van der Waals surface area contributed by atoms with Crippen molar-refractivity contribution >= 4 is 5.91 Å². The summed E-state index contributed by atoms with van der Waals surface area (Å²) < 4.78 is 26.4. The van der Waals surface area contributed by atoms with Gasteiger partial charge in [0, 0.05) is 6.54 Å². The second-order valence-corrected chi connectivity index (χ2v) is 4.28. The van der Waals surface area contributed by atoms with E-state index in [-0.39, 0.29) is 18.7 Å². The largest absolute Gasteiger partial charge is 0.392 e. The third-order valence-electron chi connectivity index (χ3n) is 2.80. The van der Waals surface area contributed by atoms with E-state index < -0.39 is 17.5 Å². The topological polar surface area (TPSA) is 49.3 Å². The van der Waals surface area contributed by atoms with Crippen molar-refractivity contribution in [1.29, 1.82) is 0 Å². The smallest absolute Gasteiger partial charge is 0.254 e. The number of hydrogen-bond donors (Lipinski definition) is 2. The summed E-state index contributed by atoms with van der Waals surface area (Å²) in [6.07, 6.45) is 0. The van der Waals surface area contributed by atoms with Gasteiger partial charge in [0.2, 0.25) is 0 Å². The zero-order chi connectivity index (χ0) is 14.5. The van der Waals surface area contributed by atoms with Gasteiger partial charge >= 0.3 is 0 Å². The molecule has 104 valence electrons. The standard InChI is InChI=1S/C15H13F2NO2/c16-12-4-5-14(17)13(7-12)15(20)18-8-10-2-1-3-11(6-10)9-19/h1-7,19H,8-9H2,(H,18,20). The Morgan fingerprint density at radius 1 is 1.10 bits per heavy atom. The van der Waals surface area contributed by atoms with Gasteiger partial charge in [-0.3, -0.25) is 4.79 Å². The van der Waals surface area contributed by atoms with Crippen LogP contribution in [-0.4, -0.2) is 11.0 Å². The minimum atomic E-state index is -0.770. The van der Waals surface area contributed by atoms with E-state index in [0.717, 1.165) is 23.8 Å². The first-order valence-electron chi connectivity index (χ1n) is 6.02. The first kappa shape index (κ1) is 14.1. The molecule has 0 atom stereocenters. The molecule has 0 aliphatic heterocycles. The van der Waals surface area contributed by atoms with Crippen molar-refractivity contribution in [2.24, 2.45) is 0 Å². The van der Waals surface area contributed by atoms with Gasteiger partial charge in [-0.25, -0.2) is 8.78 Å². The van der Waals surface area contributed by atoms with E-state index in [1.165, 1.54) is 0 Å². The Balaban J connectivity index is 2.06. The quantitative estimate of drug-likeness (QED) is 0.901. The highest BCUT2D eigenvalue weighted by Crippen LogP contribution is 2.10. The van der Waals surface area contributed by atoms with Gasteiger partial charge in [-0.15, -0.1) is 0 Å². The highest BCUT2D eigenvalue weighted by molar-refractivity contribution is 5.94. The number of benzene rings is 2. The number of rotatable bonds is 4. The lowest BCUT2D eigenvalue weighted by Crippen LogP contribution is -2.24. The van der Waals surface area contributed by atoms with Gasteiger partial charge in [-0.1, -0.05) is 24.3 Å². The van der Waals surface area contributed by atoms with E-state index >= 15 is 0 Å². The van der Waals surface area contributed by atoms with Gasteiger partial charge in [0.25, 0.3) is 5.91 Å². The SMILES string of the molecule is O=C(NCc1cccc(CO)c1)c1cc(F)ccc1F. The highest BCUT2D eigenvalue weighted by Gasteiger charge is 2.12. The summed E-state index contributed by atoms with van der Waals surface area (Å²) in [6, 6.07) is 9.71. The van der Waals surface area contributed by atoms with Crippen molar-refractivity contribution in [3.8, 4) is 0 Å². The van der Waals surface area contributed by atoms with E-state index in [1.54, 1.807) is 24.3 Å². The van der Waals surface area contributed by atoms with Gasteiger partial charge in [-0.2, -0.15) is 0 Å². The fourth-order valence-electron chi connectivity index (χ4n) is 1.79. The predicted molar refractivity (Wildman–Crippen MR) is 69.9 cm³/mol. The van der Waals surface area contributed by atoms with E-state index in [4.69, 9.17) is 5.11 Å². The molecule has 0 radical (unpaired) electrons. The van der Waals surface area contributed by atoms with Crippen molar-refractivity contribution in [2.75, 3.05) is 0 Å². The molecule has 0 saturated heterocycles. The fraction of sp³-hybridized carbons (Fsp3) is 0.133. The molecule has 0 heterocycles. The van der Waals surface area contributed by atoms with Crippen LogP contribution in [0.3, 0.4) is 0 Å². The van der Waals surface area contributed by atoms with Gasteiger partial charge < -0.3 is 10.4 Å². The Labute approximate surface area is 114 Å². The molecule has 0 spiro atoms. The molecular weight excluding hydrogens is 264 g/mol. The van der Waals surface area contributed by atoms with Crippen molar-refractivity contribution in [1.82, 2.24) is 5.32 Å². The Hall–Kier alpha value is -2.27. The van der Waals surface area contributed by atoms with Crippen LogP contribution >= 0.6 is 0 Å². The summed E-state index contributed by atoms with van der Waals surface area (Å²) in [5.41, 5.74) is 1.15. The molecule has 3 nitrogen and oxygen atoms in total. The average Bonchev–Trinajstić information content (AvgIpc) is 2.47. The molecule has 0 aromatic heterocycles. The molecule has 2 aromatic rings. The van der Waals surface area contributed by atoms with Crippen molar-refractivity contribution in [3.63, 3.8) is 0 Å². The molecule has 20 heavy (non-hydrogen) atoms. The molecule has 0 bridgehead atoms. The van der Waals surface area contributed by atoms with E-state index in [9.17, 15) is 13.6 Å². The minimum absolute atomic E-state index is 0.0969. The van der Waals surface area contributed by atoms with Crippen LogP contribution < -0.4 is 5.32 Å².